The van der Waals surface area contributed by atoms with Gasteiger partial charge in [-0.2, -0.15) is 0 Å². The lowest BCUT2D eigenvalue weighted by molar-refractivity contribution is -0.131. The molecule has 0 aliphatic carbocycles. The zero-order valence-corrected chi connectivity index (χ0v) is 7.85. The fraction of sp³-hybridized carbons (Fsp3) is 0.100. The average Bonchev–Trinajstić information content (AvgIpc) is 2.56. The van der Waals surface area contributed by atoms with Crippen molar-refractivity contribution in [1.82, 2.24) is 4.98 Å². The summed E-state index contributed by atoms with van der Waals surface area (Å²) >= 11 is 0. The first-order chi connectivity index (χ1) is 7.09. The molecule has 0 saturated heterocycles. The lowest BCUT2D eigenvalue weighted by Gasteiger charge is -1.95. The van der Waals surface area contributed by atoms with Crippen LogP contribution >= 0.6 is 0 Å². The molecule has 1 aromatic carbocycles. The van der Waals surface area contributed by atoms with Crippen LogP contribution in [0.3, 0.4) is 0 Å². The Morgan fingerprint density at radius 1 is 1.40 bits per heavy atom. The average molecular weight is 205 g/mol. The number of aryl methyl sites for hydroxylation is 1. The maximum absolute atomic E-state index is 11.3. The van der Waals surface area contributed by atoms with Crippen molar-refractivity contribution in [3.8, 4) is 0 Å². The summed E-state index contributed by atoms with van der Waals surface area (Å²) in [6, 6.07) is 4.61. The summed E-state index contributed by atoms with van der Waals surface area (Å²) in [5.41, 5.74) is 0.763. The van der Waals surface area contributed by atoms with Gasteiger partial charge in [0.05, 0.1) is 5.56 Å². The Balaban J connectivity index is 2.70. The minimum atomic E-state index is -1.50. The molecule has 1 heterocycles. The highest BCUT2D eigenvalue weighted by Gasteiger charge is 2.19. The molecule has 0 unspecified atom stereocenters. The highest BCUT2D eigenvalue weighted by Crippen LogP contribution is 2.19. The third-order valence-corrected chi connectivity index (χ3v) is 1.96. The molecule has 0 fully saturated rings. The molecule has 1 aromatic heterocycles. The molecule has 0 saturated carbocycles. The van der Waals surface area contributed by atoms with Crippen LogP contribution in [0.2, 0.25) is 0 Å². The number of carbonyl (C=O) groups excluding carboxylic acids is 1. The summed E-state index contributed by atoms with van der Waals surface area (Å²) in [5.74, 6) is -2.08. The van der Waals surface area contributed by atoms with Crippen molar-refractivity contribution in [3.63, 3.8) is 0 Å². The molecular formula is C10H7NO4. The van der Waals surface area contributed by atoms with Gasteiger partial charge in [0.1, 0.15) is 5.52 Å². The van der Waals surface area contributed by atoms with Gasteiger partial charge in [0, 0.05) is 6.92 Å². The van der Waals surface area contributed by atoms with Crippen LogP contribution in [0.5, 0.6) is 0 Å². The van der Waals surface area contributed by atoms with Crippen LogP contribution in [0.4, 0.5) is 0 Å². The quantitative estimate of drug-likeness (QED) is 0.592. The van der Waals surface area contributed by atoms with Crippen molar-refractivity contribution in [3.05, 3.63) is 29.7 Å². The van der Waals surface area contributed by atoms with Gasteiger partial charge in [-0.15, -0.1) is 0 Å². The summed E-state index contributed by atoms with van der Waals surface area (Å²) in [6.45, 7) is 1.63. The van der Waals surface area contributed by atoms with E-state index in [1.54, 1.807) is 19.1 Å². The molecule has 0 spiro atoms. The Labute approximate surface area is 84.3 Å². The Bertz CT molecular complexity index is 556. The second-order valence-corrected chi connectivity index (χ2v) is 3.02. The molecular weight excluding hydrogens is 198 g/mol. The molecule has 2 aromatic rings. The van der Waals surface area contributed by atoms with E-state index in [-0.39, 0.29) is 5.56 Å². The molecule has 0 bridgehead atoms. The minimum Gasteiger partial charge on any atom is -0.475 e. The van der Waals surface area contributed by atoms with Crippen LogP contribution < -0.4 is 0 Å². The Kier molecular flexibility index (Phi) is 2.00. The van der Waals surface area contributed by atoms with Crippen molar-refractivity contribution in [2.45, 2.75) is 6.92 Å². The number of aliphatic carboxylic acids is 1. The molecule has 5 nitrogen and oxygen atoms in total. The molecule has 5 heteroatoms. The summed E-state index contributed by atoms with van der Waals surface area (Å²) in [5, 5.41) is 8.59. The third-order valence-electron chi connectivity index (χ3n) is 1.96. The molecule has 0 aliphatic rings. The first-order valence-electron chi connectivity index (χ1n) is 4.23. The molecule has 1 N–H and O–H groups in total. The lowest BCUT2D eigenvalue weighted by atomic mass is 10.1. The number of carboxylic acids is 1. The summed E-state index contributed by atoms with van der Waals surface area (Å²) in [6.07, 6.45) is 0. The third kappa shape index (κ3) is 1.48. The monoisotopic (exact) mass is 205 g/mol. The normalized spacial score (nSPS) is 10.5. The summed E-state index contributed by atoms with van der Waals surface area (Å²) < 4.78 is 5.18. The molecule has 15 heavy (non-hydrogen) atoms. The summed E-state index contributed by atoms with van der Waals surface area (Å²) in [4.78, 5) is 25.8. The molecule has 0 aliphatic heterocycles. The zero-order valence-electron chi connectivity index (χ0n) is 7.85. The number of benzene rings is 1. The molecule has 0 atom stereocenters. The van der Waals surface area contributed by atoms with E-state index in [0.29, 0.717) is 17.0 Å². The highest BCUT2D eigenvalue weighted by atomic mass is 16.4. The predicted octanol–water partition coefficient (Wildman–Crippen LogP) is 1.40. The van der Waals surface area contributed by atoms with Gasteiger partial charge in [-0.05, 0) is 12.1 Å². The van der Waals surface area contributed by atoms with Crippen molar-refractivity contribution in [2.24, 2.45) is 0 Å². The first kappa shape index (κ1) is 9.39. The molecule has 0 amide bonds. The number of hydrogen-bond donors (Lipinski definition) is 1. The number of oxazole rings is 1. The number of ketones is 1. The molecule has 0 radical (unpaired) electrons. The number of para-hydroxylation sites is 1. The maximum Gasteiger partial charge on any atom is 0.377 e. The maximum atomic E-state index is 11.3. The van der Waals surface area contributed by atoms with Crippen LogP contribution in [0.1, 0.15) is 16.2 Å². The van der Waals surface area contributed by atoms with Crippen molar-refractivity contribution >= 4 is 22.9 Å². The van der Waals surface area contributed by atoms with Gasteiger partial charge in [-0.25, -0.2) is 9.78 Å². The summed E-state index contributed by atoms with van der Waals surface area (Å²) in [7, 11) is 0. The number of Topliss-reactive ketones (excluding diaryl/α,β-unsaturated/α-hetero) is 1. The van der Waals surface area contributed by atoms with Crippen LogP contribution in [0.15, 0.2) is 22.6 Å². The Morgan fingerprint density at radius 2 is 2.13 bits per heavy atom. The number of rotatable bonds is 2. The lowest BCUT2D eigenvalue weighted by Crippen LogP contribution is -2.12. The topological polar surface area (TPSA) is 80.4 Å². The number of carbonyl (C=O) groups is 2. The van der Waals surface area contributed by atoms with Gasteiger partial charge >= 0.3 is 5.97 Å². The van der Waals surface area contributed by atoms with E-state index in [0.717, 1.165) is 0 Å². The standard InChI is InChI=1S/C10H7NO4/c1-5-11-8-6(9(12)10(13)14)3-2-4-7(8)15-5/h2-4H,1H3,(H,13,14). The Morgan fingerprint density at radius 3 is 2.80 bits per heavy atom. The number of hydrogen-bond acceptors (Lipinski definition) is 4. The van der Waals surface area contributed by atoms with Crippen LogP contribution in [0.25, 0.3) is 11.1 Å². The van der Waals surface area contributed by atoms with Gasteiger partial charge in [0.2, 0.25) is 0 Å². The van der Waals surface area contributed by atoms with Crippen molar-refractivity contribution in [2.75, 3.05) is 0 Å². The molecule has 2 rings (SSSR count). The van der Waals surface area contributed by atoms with Crippen LogP contribution in [0, 0.1) is 6.92 Å². The smallest absolute Gasteiger partial charge is 0.377 e. The fourth-order valence-electron chi connectivity index (χ4n) is 1.36. The van der Waals surface area contributed by atoms with Gasteiger partial charge in [-0.1, -0.05) is 6.07 Å². The number of nitrogens with zero attached hydrogens (tertiary/aromatic N) is 1. The number of aromatic nitrogens is 1. The zero-order chi connectivity index (χ0) is 11.0. The van der Waals surface area contributed by atoms with Gasteiger partial charge < -0.3 is 9.52 Å². The highest BCUT2D eigenvalue weighted by molar-refractivity contribution is 6.41. The predicted molar refractivity (Wildman–Crippen MR) is 50.7 cm³/mol. The van der Waals surface area contributed by atoms with E-state index in [2.05, 4.69) is 4.98 Å². The van der Waals surface area contributed by atoms with E-state index >= 15 is 0 Å². The van der Waals surface area contributed by atoms with Crippen molar-refractivity contribution < 1.29 is 19.1 Å². The first-order valence-corrected chi connectivity index (χ1v) is 4.23. The van der Waals surface area contributed by atoms with Gasteiger partial charge in [-0.3, -0.25) is 4.79 Å². The largest absolute Gasteiger partial charge is 0.475 e. The van der Waals surface area contributed by atoms with E-state index in [9.17, 15) is 9.59 Å². The van der Waals surface area contributed by atoms with Gasteiger partial charge in [0.15, 0.2) is 11.5 Å². The van der Waals surface area contributed by atoms with E-state index in [4.69, 9.17) is 9.52 Å². The number of fused-ring (bicyclic) bond motifs is 1. The van der Waals surface area contributed by atoms with Crippen molar-refractivity contribution in [1.29, 1.82) is 0 Å². The number of carboxylic acid groups (broad SMARTS) is 1. The van der Waals surface area contributed by atoms with Gasteiger partial charge in [0.25, 0.3) is 5.78 Å². The van der Waals surface area contributed by atoms with E-state index < -0.39 is 11.8 Å². The Hall–Kier alpha value is -2.17. The second kappa shape index (κ2) is 3.20. The fourth-order valence-corrected chi connectivity index (χ4v) is 1.36. The van der Waals surface area contributed by atoms with Crippen LogP contribution in [-0.2, 0) is 4.79 Å². The van der Waals surface area contributed by atoms with E-state index in [1.165, 1.54) is 6.07 Å². The minimum absolute atomic E-state index is 0.0526. The SMILES string of the molecule is Cc1nc2c(C(=O)C(=O)O)cccc2o1. The van der Waals surface area contributed by atoms with E-state index in [1.807, 2.05) is 0 Å². The molecule has 76 valence electrons. The second-order valence-electron chi connectivity index (χ2n) is 3.02. The van der Waals surface area contributed by atoms with Crippen LogP contribution in [-0.4, -0.2) is 21.8 Å².